The summed E-state index contributed by atoms with van der Waals surface area (Å²) < 4.78 is 0. The second-order valence-corrected chi connectivity index (χ2v) is 14.4. The topological polar surface area (TPSA) is 0 Å². The first-order valence-corrected chi connectivity index (χ1v) is 16.2. The molecule has 0 saturated heterocycles. The summed E-state index contributed by atoms with van der Waals surface area (Å²) in [5.41, 5.74) is 2.27. The Morgan fingerprint density at radius 3 is 1.70 bits per heavy atom. The molecule has 3 unspecified atom stereocenters. The van der Waals surface area contributed by atoms with Crippen molar-refractivity contribution in [2.45, 2.75) is 127 Å². The summed E-state index contributed by atoms with van der Waals surface area (Å²) in [5, 5.41) is 0. The summed E-state index contributed by atoms with van der Waals surface area (Å²) in [7, 11) is 1.67. The van der Waals surface area contributed by atoms with E-state index in [1.165, 1.54) is 91.8 Å². The second-order valence-electron chi connectivity index (χ2n) is 9.91. The minimum Gasteiger partial charge on any atom is -0.119 e. The maximum atomic E-state index is 2.41. The molecule has 0 spiro atoms. The van der Waals surface area contributed by atoms with Gasteiger partial charge in [0.2, 0.25) is 0 Å². The molecule has 0 aromatic carbocycles. The Kier molecular flexibility index (Phi) is 13.2. The van der Waals surface area contributed by atoms with E-state index in [-0.39, 0.29) is 0 Å². The van der Waals surface area contributed by atoms with Gasteiger partial charge in [0.05, 0.1) is 0 Å². The van der Waals surface area contributed by atoms with Gasteiger partial charge in [-0.15, -0.1) is 16.5 Å². The fraction of sp³-hybridized carbons (Fsp3) is 1.00. The molecule has 4 aliphatic carbocycles. The third kappa shape index (κ3) is 9.94. The van der Waals surface area contributed by atoms with Gasteiger partial charge in [0.15, 0.2) is 0 Å². The Morgan fingerprint density at radius 1 is 0.667 bits per heavy atom. The lowest BCUT2D eigenvalue weighted by molar-refractivity contribution is 0.386. The first-order chi connectivity index (χ1) is 13.2. The number of rotatable bonds is 5. The van der Waals surface area contributed by atoms with Gasteiger partial charge in [0.1, 0.15) is 0 Å². The van der Waals surface area contributed by atoms with Crippen molar-refractivity contribution in [3.8, 4) is 0 Å². The van der Waals surface area contributed by atoms with Crippen LogP contribution in [-0.2, 0) is 0 Å². The molecule has 0 radical (unpaired) electrons. The molecule has 0 amide bonds. The minimum atomic E-state index is 0.398. The molecule has 0 aromatic heterocycles. The largest absolute Gasteiger partial charge is 0.119 e. The van der Waals surface area contributed by atoms with E-state index >= 15 is 0 Å². The van der Waals surface area contributed by atoms with Gasteiger partial charge < -0.3 is 0 Å². The summed E-state index contributed by atoms with van der Waals surface area (Å²) >= 11 is 0. The number of hydrogen-bond donors (Lipinski definition) is 0. The molecule has 0 aliphatic heterocycles. The smallest absolute Gasteiger partial charge is 0.0208 e. The summed E-state index contributed by atoms with van der Waals surface area (Å²) in [5.74, 6) is 2.26. The lowest BCUT2D eigenvalue weighted by atomic mass is 9.92. The van der Waals surface area contributed by atoms with Gasteiger partial charge in [-0.2, -0.15) is 0 Å². The van der Waals surface area contributed by atoms with Gasteiger partial charge in [-0.05, 0) is 74.7 Å². The Labute approximate surface area is 175 Å². The van der Waals surface area contributed by atoms with Gasteiger partial charge >= 0.3 is 0 Å². The van der Waals surface area contributed by atoms with Crippen molar-refractivity contribution < 1.29 is 0 Å². The third-order valence-corrected chi connectivity index (χ3v) is 11.2. The zero-order valence-corrected chi connectivity index (χ0v) is 20.9. The van der Waals surface area contributed by atoms with E-state index < -0.39 is 0 Å². The molecule has 3 atom stereocenters. The molecule has 0 N–H and O–H groups in total. The van der Waals surface area contributed by atoms with Crippen LogP contribution in [0.4, 0.5) is 0 Å². The van der Waals surface area contributed by atoms with Crippen LogP contribution in [0.1, 0.15) is 116 Å². The molecular formula is C25H50P2. The quantitative estimate of drug-likeness (QED) is 0.395. The van der Waals surface area contributed by atoms with Gasteiger partial charge in [0, 0.05) is 0 Å². The van der Waals surface area contributed by atoms with Gasteiger partial charge in [-0.1, -0.05) is 84.0 Å². The molecule has 0 nitrogen and oxygen atoms in total. The van der Waals surface area contributed by atoms with E-state index in [0.717, 1.165) is 23.2 Å². The molecule has 4 fully saturated rings. The van der Waals surface area contributed by atoms with Crippen LogP contribution in [0.2, 0.25) is 0 Å². The molecule has 27 heavy (non-hydrogen) atoms. The van der Waals surface area contributed by atoms with Crippen molar-refractivity contribution >= 4 is 16.5 Å². The van der Waals surface area contributed by atoms with Crippen molar-refractivity contribution in [3.05, 3.63) is 0 Å². The van der Waals surface area contributed by atoms with E-state index in [2.05, 4.69) is 20.3 Å². The molecule has 4 saturated carbocycles. The Hall–Kier alpha value is 0.860. The summed E-state index contributed by atoms with van der Waals surface area (Å²) in [6.45, 7) is 7.18. The molecule has 4 aliphatic rings. The van der Waals surface area contributed by atoms with Gasteiger partial charge in [-0.25, -0.2) is 0 Å². The highest BCUT2D eigenvalue weighted by molar-refractivity contribution is 7.56. The van der Waals surface area contributed by atoms with Crippen molar-refractivity contribution in [3.63, 3.8) is 0 Å². The van der Waals surface area contributed by atoms with Crippen LogP contribution in [-0.4, -0.2) is 30.8 Å². The maximum Gasteiger partial charge on any atom is -0.0208 e. The van der Waals surface area contributed by atoms with E-state index in [9.17, 15) is 0 Å². The highest BCUT2D eigenvalue weighted by Crippen LogP contribution is 2.44. The van der Waals surface area contributed by atoms with Crippen LogP contribution >= 0.6 is 16.5 Å². The maximum absolute atomic E-state index is 2.41. The van der Waals surface area contributed by atoms with Crippen molar-refractivity contribution in [2.75, 3.05) is 19.5 Å². The second kappa shape index (κ2) is 14.8. The van der Waals surface area contributed by atoms with Gasteiger partial charge in [0.25, 0.3) is 0 Å². The molecule has 2 heteroatoms. The summed E-state index contributed by atoms with van der Waals surface area (Å²) in [4.78, 5) is 0. The van der Waals surface area contributed by atoms with Crippen molar-refractivity contribution in [1.29, 1.82) is 0 Å². The highest BCUT2D eigenvalue weighted by atomic mass is 31.1. The van der Waals surface area contributed by atoms with Crippen LogP contribution in [0.3, 0.4) is 0 Å². The zero-order chi connectivity index (χ0) is 19.3. The van der Waals surface area contributed by atoms with Crippen LogP contribution in [0.5, 0.6) is 0 Å². The molecule has 0 heterocycles. The number of hydrogen-bond acceptors (Lipinski definition) is 0. The van der Waals surface area contributed by atoms with Crippen molar-refractivity contribution in [1.82, 2.24) is 0 Å². The average molecular weight is 413 g/mol. The standard InChI is InChI=1S/C13H25P.C7H15P.C5H10/c1-2-14-13-9-5-8-12(13)10-11-6-3-4-7-11;1-8(2)7-5-3-4-6-7;1-2-4-5-3-1/h11-14H,2-10H2,1H3;7H,3-6H2,1-2H3;1-5H2. The van der Waals surface area contributed by atoms with Crippen LogP contribution in [0, 0.1) is 11.8 Å². The Morgan fingerprint density at radius 2 is 1.22 bits per heavy atom. The lowest BCUT2D eigenvalue weighted by Gasteiger charge is -2.22. The first kappa shape index (κ1) is 24.1. The molecular weight excluding hydrogens is 362 g/mol. The fourth-order valence-corrected chi connectivity index (χ4v) is 8.80. The Bertz CT molecular complexity index is 331. The Balaban J connectivity index is 0.000000168. The van der Waals surface area contributed by atoms with E-state index in [0.29, 0.717) is 7.92 Å². The van der Waals surface area contributed by atoms with Gasteiger partial charge in [-0.3, -0.25) is 0 Å². The van der Waals surface area contributed by atoms with E-state index in [1.54, 1.807) is 32.1 Å². The fourth-order valence-electron chi connectivity index (χ4n) is 5.83. The monoisotopic (exact) mass is 412 g/mol. The average Bonchev–Trinajstić information content (AvgIpc) is 3.46. The normalized spacial score (nSPS) is 29.3. The predicted octanol–water partition coefficient (Wildman–Crippen LogP) is 9.05. The van der Waals surface area contributed by atoms with E-state index in [4.69, 9.17) is 0 Å². The first-order valence-electron chi connectivity index (χ1n) is 12.6. The summed E-state index contributed by atoms with van der Waals surface area (Å²) in [6, 6.07) is 0. The predicted molar refractivity (Wildman–Crippen MR) is 131 cm³/mol. The molecule has 160 valence electrons. The molecule has 0 aromatic rings. The van der Waals surface area contributed by atoms with Crippen LogP contribution in [0.15, 0.2) is 0 Å². The lowest BCUT2D eigenvalue weighted by Crippen LogP contribution is -2.12. The molecule has 0 bridgehead atoms. The highest BCUT2D eigenvalue weighted by Gasteiger charge is 2.29. The minimum absolute atomic E-state index is 0.398. The van der Waals surface area contributed by atoms with Crippen LogP contribution in [0.25, 0.3) is 0 Å². The zero-order valence-electron chi connectivity index (χ0n) is 19.0. The third-order valence-electron chi connectivity index (χ3n) is 7.54. The van der Waals surface area contributed by atoms with Crippen molar-refractivity contribution in [2.24, 2.45) is 11.8 Å². The van der Waals surface area contributed by atoms with Crippen LogP contribution < -0.4 is 0 Å². The SMILES string of the molecule is C1CCCC1.CCPC1CCCC1CC1CCCC1.CP(C)C1CCCC1. The summed E-state index contributed by atoms with van der Waals surface area (Å²) in [6.07, 6.45) is 27.4. The molecule has 4 rings (SSSR count). The van der Waals surface area contributed by atoms with E-state index in [1.807, 2.05) is 0 Å².